The molecule has 126 valence electrons. The van der Waals surface area contributed by atoms with Crippen LogP contribution in [0.3, 0.4) is 0 Å². The average molecular weight is 352 g/mol. The van der Waals surface area contributed by atoms with Crippen molar-refractivity contribution in [3.8, 4) is 6.07 Å². The molecule has 0 fully saturated rings. The largest absolute Gasteiger partial charge is 0.463 e. The first-order chi connectivity index (χ1) is 12.2. The van der Waals surface area contributed by atoms with E-state index in [2.05, 4.69) is 6.07 Å². The van der Waals surface area contributed by atoms with Crippen molar-refractivity contribution in [1.29, 1.82) is 10.7 Å². The van der Waals surface area contributed by atoms with Crippen LogP contribution in [0.2, 0.25) is 0 Å². The Hall–Kier alpha value is -2.91. The summed E-state index contributed by atoms with van der Waals surface area (Å²) in [5.74, 6) is -1.86. The van der Waals surface area contributed by atoms with Gasteiger partial charge in [-0.2, -0.15) is 16.6 Å². The van der Waals surface area contributed by atoms with E-state index in [1.807, 2.05) is 35.0 Å². The maximum atomic E-state index is 12.7. The van der Waals surface area contributed by atoms with E-state index in [1.165, 1.54) is 11.3 Å². The van der Waals surface area contributed by atoms with Crippen LogP contribution in [0.4, 0.5) is 0 Å². The second-order valence-electron chi connectivity index (χ2n) is 5.44. The Morgan fingerprint density at radius 2 is 2.12 bits per heavy atom. The summed E-state index contributed by atoms with van der Waals surface area (Å²) in [6.45, 7) is 1.95. The van der Waals surface area contributed by atoms with Gasteiger partial charge >= 0.3 is 5.97 Å². The van der Waals surface area contributed by atoms with Crippen LogP contribution in [0, 0.1) is 22.7 Å². The predicted octanol–water partition coefficient (Wildman–Crippen LogP) is 3.95. The van der Waals surface area contributed by atoms with E-state index in [4.69, 9.17) is 14.9 Å². The van der Waals surface area contributed by atoms with Crippen LogP contribution in [0.1, 0.15) is 24.0 Å². The number of nitrogens with one attached hydrogen (secondary N) is 1. The molecule has 0 saturated carbocycles. The van der Waals surface area contributed by atoms with Crippen molar-refractivity contribution in [1.82, 2.24) is 0 Å². The van der Waals surface area contributed by atoms with Crippen molar-refractivity contribution in [2.24, 2.45) is 5.92 Å². The van der Waals surface area contributed by atoms with Crippen molar-refractivity contribution >= 4 is 29.0 Å². The molecule has 5 nitrogen and oxygen atoms in total. The molecule has 2 aromatic rings. The zero-order chi connectivity index (χ0) is 17.8. The van der Waals surface area contributed by atoms with Gasteiger partial charge in [-0.05, 0) is 29.3 Å². The lowest BCUT2D eigenvalue weighted by Gasteiger charge is -2.31. The van der Waals surface area contributed by atoms with E-state index >= 15 is 0 Å². The van der Waals surface area contributed by atoms with Crippen LogP contribution in [0.15, 0.2) is 52.7 Å². The number of carbonyl (C=O) groups is 1. The first-order valence-electron chi connectivity index (χ1n) is 7.82. The number of carbonyl (C=O) groups excluding carboxylic acids is 1. The van der Waals surface area contributed by atoms with Gasteiger partial charge < -0.3 is 9.47 Å². The lowest BCUT2D eigenvalue weighted by Crippen LogP contribution is -2.33. The van der Waals surface area contributed by atoms with Crippen molar-refractivity contribution in [3.63, 3.8) is 0 Å². The SMILES string of the molecule is CCOC(=O)C1=C(c2ccccc2)OC(=N)C(C#N)C1c1ccsc1. The molecule has 1 aromatic heterocycles. The third-order valence-corrected chi connectivity index (χ3v) is 4.66. The summed E-state index contributed by atoms with van der Waals surface area (Å²) in [6.07, 6.45) is 0. The summed E-state index contributed by atoms with van der Waals surface area (Å²) in [6, 6.07) is 13.1. The number of hydrogen-bond acceptors (Lipinski definition) is 6. The summed E-state index contributed by atoms with van der Waals surface area (Å²) in [5, 5.41) is 21.5. The molecule has 3 rings (SSSR count). The van der Waals surface area contributed by atoms with E-state index in [0.29, 0.717) is 5.56 Å². The third-order valence-electron chi connectivity index (χ3n) is 3.96. The fraction of sp³-hybridized carbons (Fsp3) is 0.211. The van der Waals surface area contributed by atoms with E-state index in [1.54, 1.807) is 19.1 Å². The molecule has 0 saturated heterocycles. The van der Waals surface area contributed by atoms with Crippen molar-refractivity contribution < 1.29 is 14.3 Å². The minimum atomic E-state index is -0.874. The van der Waals surface area contributed by atoms with E-state index in [-0.39, 0.29) is 23.8 Å². The Kier molecular flexibility index (Phi) is 4.96. The van der Waals surface area contributed by atoms with Gasteiger partial charge in [0.25, 0.3) is 0 Å². The summed E-state index contributed by atoms with van der Waals surface area (Å²) >= 11 is 1.48. The van der Waals surface area contributed by atoms with Crippen LogP contribution in [-0.2, 0) is 14.3 Å². The van der Waals surface area contributed by atoms with Gasteiger partial charge in [0.15, 0.2) is 0 Å². The Labute approximate surface area is 149 Å². The molecule has 2 heterocycles. The zero-order valence-electron chi connectivity index (χ0n) is 13.6. The summed E-state index contributed by atoms with van der Waals surface area (Å²) in [7, 11) is 0. The minimum Gasteiger partial charge on any atom is -0.463 e. The predicted molar refractivity (Wildman–Crippen MR) is 95.0 cm³/mol. The lowest BCUT2D eigenvalue weighted by molar-refractivity contribution is -0.139. The van der Waals surface area contributed by atoms with Gasteiger partial charge in [0.1, 0.15) is 11.7 Å². The standard InChI is InChI=1S/C19H16N2O3S/c1-2-23-19(22)16-15(13-8-9-25-11-13)14(10-20)18(21)24-17(16)12-6-4-3-5-7-12/h3-9,11,14-15,21H,2H2,1H3. The summed E-state index contributed by atoms with van der Waals surface area (Å²) in [4.78, 5) is 12.7. The highest BCUT2D eigenvalue weighted by Gasteiger charge is 2.42. The first kappa shape index (κ1) is 16.9. The first-order valence-corrected chi connectivity index (χ1v) is 8.76. The molecule has 1 aliphatic heterocycles. The van der Waals surface area contributed by atoms with Crippen molar-refractivity contribution in [3.05, 3.63) is 63.9 Å². The van der Waals surface area contributed by atoms with E-state index in [9.17, 15) is 10.1 Å². The normalized spacial score (nSPS) is 19.9. The summed E-state index contributed by atoms with van der Waals surface area (Å²) in [5.41, 5.74) is 1.77. The number of benzene rings is 1. The second kappa shape index (κ2) is 7.32. The van der Waals surface area contributed by atoms with Crippen LogP contribution in [-0.4, -0.2) is 18.5 Å². The number of ether oxygens (including phenoxy) is 2. The highest BCUT2D eigenvalue weighted by molar-refractivity contribution is 7.08. The molecular weight excluding hydrogens is 336 g/mol. The smallest absolute Gasteiger partial charge is 0.338 e. The van der Waals surface area contributed by atoms with Crippen LogP contribution >= 0.6 is 11.3 Å². The number of hydrogen-bond donors (Lipinski definition) is 1. The fourth-order valence-corrected chi connectivity index (χ4v) is 3.56. The van der Waals surface area contributed by atoms with Gasteiger partial charge in [-0.25, -0.2) is 4.79 Å². The second-order valence-corrected chi connectivity index (χ2v) is 6.22. The Morgan fingerprint density at radius 1 is 1.36 bits per heavy atom. The maximum absolute atomic E-state index is 12.7. The third kappa shape index (κ3) is 3.19. The number of nitrogens with zero attached hydrogens (tertiary/aromatic N) is 1. The number of thiophene rings is 1. The fourth-order valence-electron chi connectivity index (χ4n) is 2.86. The maximum Gasteiger partial charge on any atom is 0.338 e. The molecule has 0 aliphatic carbocycles. The highest BCUT2D eigenvalue weighted by atomic mass is 32.1. The number of esters is 1. The molecular formula is C19H16N2O3S. The van der Waals surface area contributed by atoms with E-state index < -0.39 is 17.8 Å². The van der Waals surface area contributed by atoms with Crippen LogP contribution in [0.25, 0.3) is 5.76 Å². The Morgan fingerprint density at radius 3 is 2.72 bits per heavy atom. The molecule has 1 N–H and O–H groups in total. The van der Waals surface area contributed by atoms with Gasteiger partial charge in [0.2, 0.25) is 5.90 Å². The Balaban J connectivity index is 2.24. The molecule has 0 spiro atoms. The van der Waals surface area contributed by atoms with Gasteiger partial charge in [0.05, 0.1) is 18.2 Å². The lowest BCUT2D eigenvalue weighted by atomic mass is 9.79. The number of nitriles is 1. The molecule has 2 atom stereocenters. The monoisotopic (exact) mass is 352 g/mol. The molecule has 2 unspecified atom stereocenters. The van der Waals surface area contributed by atoms with Gasteiger partial charge in [-0.1, -0.05) is 30.3 Å². The summed E-state index contributed by atoms with van der Waals surface area (Å²) < 4.78 is 10.9. The van der Waals surface area contributed by atoms with Gasteiger partial charge in [-0.15, -0.1) is 0 Å². The van der Waals surface area contributed by atoms with Gasteiger partial charge in [-0.3, -0.25) is 5.41 Å². The molecule has 6 heteroatoms. The van der Waals surface area contributed by atoms with Crippen molar-refractivity contribution in [2.75, 3.05) is 6.61 Å². The van der Waals surface area contributed by atoms with Crippen LogP contribution in [0.5, 0.6) is 0 Å². The highest BCUT2D eigenvalue weighted by Crippen LogP contribution is 2.43. The van der Waals surface area contributed by atoms with Crippen molar-refractivity contribution in [2.45, 2.75) is 12.8 Å². The molecule has 25 heavy (non-hydrogen) atoms. The minimum absolute atomic E-state index is 0.161. The van der Waals surface area contributed by atoms with E-state index in [0.717, 1.165) is 5.56 Å². The molecule has 0 amide bonds. The number of rotatable bonds is 4. The molecule has 1 aliphatic rings. The molecule has 0 bridgehead atoms. The molecule has 0 radical (unpaired) electrons. The zero-order valence-corrected chi connectivity index (χ0v) is 14.4. The van der Waals surface area contributed by atoms with Crippen LogP contribution < -0.4 is 0 Å². The van der Waals surface area contributed by atoms with Gasteiger partial charge in [0, 0.05) is 11.5 Å². The Bertz CT molecular complexity index is 851. The quantitative estimate of drug-likeness (QED) is 0.845. The average Bonchev–Trinajstić information content (AvgIpc) is 3.16. The topological polar surface area (TPSA) is 83.2 Å². The molecule has 1 aromatic carbocycles.